The van der Waals surface area contributed by atoms with Gasteiger partial charge in [-0.3, -0.25) is 25.2 Å². The van der Waals surface area contributed by atoms with Gasteiger partial charge < -0.3 is 4.90 Å². The zero-order valence-electron chi connectivity index (χ0n) is 20.4. The van der Waals surface area contributed by atoms with Crippen molar-refractivity contribution in [1.82, 2.24) is 40.5 Å². The van der Waals surface area contributed by atoms with Crippen molar-refractivity contribution in [3.05, 3.63) is 74.6 Å². The number of amides is 3. The molecular formula is C24H22F2N8O3S. The van der Waals surface area contributed by atoms with Crippen molar-refractivity contribution in [3.63, 3.8) is 0 Å². The predicted octanol–water partition coefficient (Wildman–Crippen LogP) is 2.57. The highest BCUT2D eigenvalue weighted by molar-refractivity contribution is 7.09. The van der Waals surface area contributed by atoms with Crippen molar-refractivity contribution in [2.45, 2.75) is 32.6 Å². The molecule has 196 valence electrons. The first kappa shape index (κ1) is 25.3. The predicted molar refractivity (Wildman–Crippen MR) is 132 cm³/mol. The van der Waals surface area contributed by atoms with Gasteiger partial charge in [0, 0.05) is 42.1 Å². The van der Waals surface area contributed by atoms with Crippen LogP contribution in [0.3, 0.4) is 0 Å². The van der Waals surface area contributed by atoms with Crippen LogP contribution in [0, 0.1) is 25.5 Å². The molecule has 38 heavy (non-hydrogen) atoms. The number of hydrazine groups is 1. The van der Waals surface area contributed by atoms with Crippen LogP contribution in [-0.4, -0.2) is 60.5 Å². The van der Waals surface area contributed by atoms with Crippen LogP contribution < -0.4 is 10.9 Å². The Hall–Kier alpha value is -4.33. The Morgan fingerprint density at radius 1 is 0.974 bits per heavy atom. The molecule has 4 heterocycles. The van der Waals surface area contributed by atoms with Crippen LogP contribution in [0.4, 0.5) is 8.78 Å². The van der Waals surface area contributed by atoms with Gasteiger partial charge in [0.25, 0.3) is 17.7 Å². The summed E-state index contributed by atoms with van der Waals surface area (Å²) in [4.78, 5) is 43.8. The SMILES string of the molecule is Cc1cc2nnc(C(=O)N3CCC(c4nc(C(=O)NNC(=O)c5cc(F)cc(F)c5)cs4)CC3)c(C)n2n1. The summed E-state index contributed by atoms with van der Waals surface area (Å²) in [6.07, 6.45) is 1.30. The van der Waals surface area contributed by atoms with Crippen molar-refractivity contribution in [2.75, 3.05) is 13.1 Å². The highest BCUT2D eigenvalue weighted by Crippen LogP contribution is 2.31. The van der Waals surface area contributed by atoms with Gasteiger partial charge in [-0.25, -0.2) is 18.3 Å². The fourth-order valence-corrected chi connectivity index (χ4v) is 5.24. The third-order valence-corrected chi connectivity index (χ3v) is 7.24. The fraction of sp³-hybridized carbons (Fsp3) is 0.292. The summed E-state index contributed by atoms with van der Waals surface area (Å²) in [6.45, 7) is 4.61. The van der Waals surface area contributed by atoms with Crippen molar-refractivity contribution in [3.8, 4) is 0 Å². The summed E-state index contributed by atoms with van der Waals surface area (Å²) in [6, 6.07) is 4.14. The zero-order chi connectivity index (χ0) is 27.0. The number of thiazole rings is 1. The van der Waals surface area contributed by atoms with E-state index in [4.69, 9.17) is 0 Å². The first-order valence-electron chi connectivity index (χ1n) is 11.7. The number of rotatable bonds is 4. The van der Waals surface area contributed by atoms with Gasteiger partial charge in [-0.15, -0.1) is 21.5 Å². The lowest BCUT2D eigenvalue weighted by atomic mass is 9.97. The molecule has 0 radical (unpaired) electrons. The number of likely N-dealkylation sites (tertiary alicyclic amines) is 1. The number of aromatic nitrogens is 5. The second-order valence-electron chi connectivity index (χ2n) is 8.89. The normalized spacial score (nSPS) is 14.1. The molecule has 0 unspecified atom stereocenters. The number of aryl methyl sites for hydroxylation is 2. The van der Waals surface area contributed by atoms with Crippen LogP contribution in [0.25, 0.3) is 5.65 Å². The molecule has 0 bridgehead atoms. The molecule has 1 aliphatic rings. The molecule has 1 fully saturated rings. The Bertz CT molecular complexity index is 1540. The number of nitrogens with zero attached hydrogens (tertiary/aromatic N) is 6. The summed E-state index contributed by atoms with van der Waals surface area (Å²) >= 11 is 1.31. The van der Waals surface area contributed by atoms with E-state index in [1.165, 1.54) is 11.3 Å². The molecule has 11 nitrogen and oxygen atoms in total. The molecule has 1 saturated heterocycles. The molecule has 1 aromatic carbocycles. The summed E-state index contributed by atoms with van der Waals surface area (Å²) in [5.41, 5.74) is 6.40. The average molecular weight is 541 g/mol. The topological polar surface area (TPSA) is 134 Å². The molecule has 14 heteroatoms. The summed E-state index contributed by atoms with van der Waals surface area (Å²) in [5, 5.41) is 14.9. The molecule has 4 aromatic rings. The van der Waals surface area contributed by atoms with Gasteiger partial charge in [0.15, 0.2) is 11.3 Å². The van der Waals surface area contributed by atoms with E-state index in [0.717, 1.165) is 22.8 Å². The number of hydrogen-bond donors (Lipinski definition) is 2. The largest absolute Gasteiger partial charge is 0.337 e. The van der Waals surface area contributed by atoms with E-state index in [2.05, 4.69) is 31.1 Å². The molecule has 0 spiro atoms. The second kappa shape index (κ2) is 10.2. The number of fused-ring (bicyclic) bond motifs is 1. The van der Waals surface area contributed by atoms with E-state index in [1.807, 2.05) is 6.92 Å². The van der Waals surface area contributed by atoms with Gasteiger partial charge in [0.2, 0.25) is 0 Å². The van der Waals surface area contributed by atoms with Crippen molar-refractivity contribution < 1.29 is 23.2 Å². The van der Waals surface area contributed by atoms with Crippen LogP contribution in [0.15, 0.2) is 29.6 Å². The van der Waals surface area contributed by atoms with Crippen LogP contribution in [0.2, 0.25) is 0 Å². The van der Waals surface area contributed by atoms with E-state index in [-0.39, 0.29) is 28.8 Å². The van der Waals surface area contributed by atoms with Gasteiger partial charge in [0.1, 0.15) is 17.3 Å². The lowest BCUT2D eigenvalue weighted by Gasteiger charge is -2.31. The number of piperidine rings is 1. The van der Waals surface area contributed by atoms with Crippen molar-refractivity contribution in [1.29, 1.82) is 0 Å². The van der Waals surface area contributed by atoms with E-state index in [1.54, 1.807) is 27.8 Å². The standard InChI is InChI=1S/C24H22F2N8O3S/c1-12-7-19-28-29-20(13(2)34(19)32-12)24(37)33-5-3-14(4-6-33)23-27-18(11-38-23)22(36)31-30-21(35)15-8-16(25)10-17(26)9-15/h7-11,14H,3-6H2,1-2H3,(H,30,35)(H,31,36). The Morgan fingerprint density at radius 2 is 1.66 bits per heavy atom. The van der Waals surface area contributed by atoms with Gasteiger partial charge in [-0.05, 0) is 38.8 Å². The van der Waals surface area contributed by atoms with E-state index >= 15 is 0 Å². The minimum Gasteiger partial charge on any atom is -0.337 e. The van der Waals surface area contributed by atoms with Gasteiger partial charge in [0.05, 0.1) is 16.4 Å². The first-order chi connectivity index (χ1) is 18.2. The number of benzene rings is 1. The Morgan fingerprint density at radius 3 is 2.37 bits per heavy atom. The van der Waals surface area contributed by atoms with Gasteiger partial charge in [-0.1, -0.05) is 0 Å². The molecule has 3 amide bonds. The van der Waals surface area contributed by atoms with Crippen molar-refractivity contribution >= 4 is 34.7 Å². The number of nitrogens with one attached hydrogen (secondary N) is 2. The highest BCUT2D eigenvalue weighted by atomic mass is 32.1. The number of carbonyl (C=O) groups excluding carboxylic acids is 3. The lowest BCUT2D eigenvalue weighted by molar-refractivity contribution is 0.0703. The highest BCUT2D eigenvalue weighted by Gasteiger charge is 2.29. The maximum absolute atomic E-state index is 13.3. The van der Waals surface area contributed by atoms with Crippen molar-refractivity contribution in [2.24, 2.45) is 0 Å². The zero-order valence-corrected chi connectivity index (χ0v) is 21.2. The molecule has 0 atom stereocenters. The third kappa shape index (κ3) is 5.07. The molecule has 0 saturated carbocycles. The monoisotopic (exact) mass is 540 g/mol. The molecule has 3 aromatic heterocycles. The molecule has 0 aliphatic carbocycles. The maximum Gasteiger partial charge on any atom is 0.289 e. The van der Waals surface area contributed by atoms with E-state index < -0.39 is 23.4 Å². The minimum atomic E-state index is -0.907. The summed E-state index contributed by atoms with van der Waals surface area (Å²) in [7, 11) is 0. The van der Waals surface area contributed by atoms with Crippen LogP contribution in [0.1, 0.15) is 66.5 Å². The number of halogens is 2. The Labute approximate surface area is 218 Å². The fourth-order valence-electron chi connectivity index (χ4n) is 4.27. The molecular weight excluding hydrogens is 518 g/mol. The van der Waals surface area contributed by atoms with Gasteiger partial charge >= 0.3 is 0 Å². The Balaban J connectivity index is 1.17. The number of hydrogen-bond acceptors (Lipinski definition) is 8. The quantitative estimate of drug-likeness (QED) is 0.380. The molecule has 1 aliphatic heterocycles. The maximum atomic E-state index is 13.3. The Kier molecular flexibility index (Phi) is 6.80. The third-order valence-electron chi connectivity index (χ3n) is 6.23. The molecule has 2 N–H and O–H groups in total. The first-order valence-corrected chi connectivity index (χ1v) is 12.6. The lowest BCUT2D eigenvalue weighted by Crippen LogP contribution is -2.42. The van der Waals surface area contributed by atoms with Crippen LogP contribution in [0.5, 0.6) is 0 Å². The smallest absolute Gasteiger partial charge is 0.289 e. The second-order valence-corrected chi connectivity index (χ2v) is 9.78. The minimum absolute atomic E-state index is 0.0545. The number of carbonyl (C=O) groups is 3. The van der Waals surface area contributed by atoms with Gasteiger partial charge in [-0.2, -0.15) is 5.10 Å². The summed E-state index contributed by atoms with van der Waals surface area (Å²) in [5.74, 6) is -3.50. The van der Waals surface area contributed by atoms with Crippen LogP contribution >= 0.6 is 11.3 Å². The molecule has 5 rings (SSSR count). The summed E-state index contributed by atoms with van der Waals surface area (Å²) < 4.78 is 28.2. The average Bonchev–Trinajstić information content (AvgIpc) is 3.54. The van der Waals surface area contributed by atoms with E-state index in [0.29, 0.717) is 43.3 Å². The van der Waals surface area contributed by atoms with Crippen LogP contribution in [-0.2, 0) is 0 Å². The van der Waals surface area contributed by atoms with E-state index in [9.17, 15) is 23.2 Å².